The van der Waals surface area contributed by atoms with Crippen LogP contribution in [-0.4, -0.2) is 54.4 Å². The van der Waals surface area contributed by atoms with Crippen LogP contribution in [0, 0.1) is 11.8 Å². The van der Waals surface area contributed by atoms with Gasteiger partial charge in [-0.3, -0.25) is 0 Å². The van der Waals surface area contributed by atoms with Gasteiger partial charge in [0.05, 0.1) is 6.61 Å². The smallest absolute Gasteiger partial charge is 0.282 e. The molecule has 0 spiro atoms. The Labute approximate surface area is 124 Å². The molecule has 6 heteroatoms. The maximum atomic E-state index is 12.9. The number of hydrogen-bond acceptors (Lipinski definition) is 3. The van der Waals surface area contributed by atoms with E-state index in [1.54, 1.807) is 4.31 Å². The zero-order valence-electron chi connectivity index (χ0n) is 13.2. The van der Waals surface area contributed by atoms with Crippen LogP contribution < -0.4 is 0 Å². The van der Waals surface area contributed by atoms with Crippen molar-refractivity contribution in [3.05, 3.63) is 0 Å². The molecular weight excluding hydrogens is 276 g/mol. The molecule has 2 unspecified atom stereocenters. The van der Waals surface area contributed by atoms with E-state index in [1.165, 1.54) is 4.31 Å². The highest BCUT2D eigenvalue weighted by atomic mass is 32.2. The van der Waals surface area contributed by atoms with Gasteiger partial charge in [0.1, 0.15) is 0 Å². The Morgan fingerprint density at radius 3 is 2.10 bits per heavy atom. The second-order valence-corrected chi connectivity index (χ2v) is 7.96. The first-order valence-corrected chi connectivity index (χ1v) is 9.14. The Morgan fingerprint density at radius 1 is 1.20 bits per heavy atom. The predicted octanol–water partition coefficient (Wildman–Crippen LogP) is 1.69. The van der Waals surface area contributed by atoms with Gasteiger partial charge in [0.15, 0.2) is 0 Å². The van der Waals surface area contributed by atoms with Crippen LogP contribution in [0.4, 0.5) is 0 Å². The number of aliphatic hydroxyl groups is 1. The van der Waals surface area contributed by atoms with Crippen LogP contribution in [0.3, 0.4) is 0 Å². The van der Waals surface area contributed by atoms with Crippen LogP contribution in [0.5, 0.6) is 0 Å². The first-order valence-electron chi connectivity index (χ1n) is 7.74. The molecule has 1 heterocycles. The molecule has 0 radical (unpaired) electrons. The molecule has 0 bridgehead atoms. The average molecular weight is 306 g/mol. The lowest BCUT2D eigenvalue weighted by atomic mass is 9.94. The second kappa shape index (κ2) is 7.73. The summed E-state index contributed by atoms with van der Waals surface area (Å²) in [6, 6.07) is -0.0281. The fourth-order valence-corrected chi connectivity index (χ4v) is 5.39. The van der Waals surface area contributed by atoms with E-state index in [2.05, 4.69) is 13.8 Å². The van der Waals surface area contributed by atoms with Gasteiger partial charge in [0, 0.05) is 25.7 Å². The number of aliphatic hydroxyl groups excluding tert-OH is 1. The first-order chi connectivity index (χ1) is 9.36. The molecule has 1 aliphatic rings. The Bertz CT molecular complexity index is 372. The zero-order chi connectivity index (χ0) is 15.3. The fourth-order valence-electron chi connectivity index (χ4n) is 3.22. The standard InChI is InChI=1S/C14H30N2O3S/c1-5-14(6-2)16(7-8-17)20(18,19)15-10-12(3)9-13(4)11-15/h12-14,17H,5-11H2,1-4H3. The molecule has 0 aromatic carbocycles. The molecule has 1 aliphatic heterocycles. The Balaban J connectivity index is 2.97. The summed E-state index contributed by atoms with van der Waals surface area (Å²) in [6.07, 6.45) is 2.63. The lowest BCUT2D eigenvalue weighted by Gasteiger charge is -2.39. The molecule has 20 heavy (non-hydrogen) atoms. The summed E-state index contributed by atoms with van der Waals surface area (Å²) in [6.45, 7) is 9.44. The molecule has 0 aliphatic carbocycles. The highest BCUT2D eigenvalue weighted by Gasteiger charge is 2.36. The van der Waals surface area contributed by atoms with E-state index in [0.717, 1.165) is 19.3 Å². The van der Waals surface area contributed by atoms with Crippen molar-refractivity contribution >= 4 is 10.2 Å². The second-order valence-electron chi connectivity index (χ2n) is 6.08. The topological polar surface area (TPSA) is 60.9 Å². The number of piperidine rings is 1. The summed E-state index contributed by atoms with van der Waals surface area (Å²) in [7, 11) is -3.47. The van der Waals surface area contributed by atoms with Gasteiger partial charge < -0.3 is 5.11 Å². The molecule has 0 saturated carbocycles. The maximum absolute atomic E-state index is 12.9. The van der Waals surface area contributed by atoms with Crippen molar-refractivity contribution in [3.63, 3.8) is 0 Å². The van der Waals surface area contributed by atoms with E-state index in [-0.39, 0.29) is 19.2 Å². The number of rotatable bonds is 7. The van der Waals surface area contributed by atoms with Crippen molar-refractivity contribution in [2.75, 3.05) is 26.2 Å². The van der Waals surface area contributed by atoms with Crippen LogP contribution in [-0.2, 0) is 10.2 Å². The molecule has 1 N–H and O–H groups in total. The quantitative estimate of drug-likeness (QED) is 0.778. The molecule has 120 valence electrons. The van der Waals surface area contributed by atoms with E-state index in [9.17, 15) is 13.5 Å². The van der Waals surface area contributed by atoms with Crippen molar-refractivity contribution in [2.24, 2.45) is 11.8 Å². The molecule has 0 aromatic heterocycles. The highest BCUT2D eigenvalue weighted by Crippen LogP contribution is 2.26. The van der Waals surface area contributed by atoms with Gasteiger partial charge in [-0.05, 0) is 31.1 Å². The average Bonchev–Trinajstić information content (AvgIpc) is 2.38. The summed E-state index contributed by atoms with van der Waals surface area (Å²) in [5, 5.41) is 9.22. The molecule has 2 atom stereocenters. The lowest BCUT2D eigenvalue weighted by Crippen LogP contribution is -2.53. The van der Waals surface area contributed by atoms with E-state index in [0.29, 0.717) is 24.9 Å². The molecule has 0 aromatic rings. The van der Waals surface area contributed by atoms with Crippen LogP contribution >= 0.6 is 0 Å². The van der Waals surface area contributed by atoms with Gasteiger partial charge >= 0.3 is 0 Å². The van der Waals surface area contributed by atoms with Crippen LogP contribution in [0.2, 0.25) is 0 Å². The summed E-state index contributed by atoms with van der Waals surface area (Å²) < 4.78 is 28.8. The van der Waals surface area contributed by atoms with Crippen LogP contribution in [0.1, 0.15) is 47.0 Å². The first kappa shape index (κ1) is 17.9. The third kappa shape index (κ3) is 4.16. The third-order valence-electron chi connectivity index (χ3n) is 4.13. The summed E-state index contributed by atoms with van der Waals surface area (Å²) >= 11 is 0. The Morgan fingerprint density at radius 2 is 1.70 bits per heavy atom. The minimum absolute atomic E-state index is 0.0281. The summed E-state index contributed by atoms with van der Waals surface area (Å²) in [5.41, 5.74) is 0. The monoisotopic (exact) mass is 306 g/mol. The van der Waals surface area contributed by atoms with Gasteiger partial charge in [0.2, 0.25) is 0 Å². The largest absolute Gasteiger partial charge is 0.395 e. The van der Waals surface area contributed by atoms with Crippen LogP contribution in [0.15, 0.2) is 0 Å². The Kier molecular flexibility index (Phi) is 6.91. The maximum Gasteiger partial charge on any atom is 0.282 e. The van der Waals surface area contributed by atoms with E-state index >= 15 is 0 Å². The fraction of sp³-hybridized carbons (Fsp3) is 1.00. The summed E-state index contributed by atoms with van der Waals surface area (Å²) in [4.78, 5) is 0. The lowest BCUT2D eigenvalue weighted by molar-refractivity contribution is 0.180. The third-order valence-corrected chi connectivity index (χ3v) is 6.15. The highest BCUT2D eigenvalue weighted by molar-refractivity contribution is 7.86. The van der Waals surface area contributed by atoms with E-state index in [4.69, 9.17) is 0 Å². The minimum Gasteiger partial charge on any atom is -0.395 e. The molecule has 5 nitrogen and oxygen atoms in total. The van der Waals surface area contributed by atoms with Crippen molar-refractivity contribution in [2.45, 2.75) is 53.0 Å². The molecule has 1 saturated heterocycles. The van der Waals surface area contributed by atoms with Gasteiger partial charge in [-0.1, -0.05) is 27.7 Å². The SMILES string of the molecule is CCC(CC)N(CCO)S(=O)(=O)N1CC(C)CC(C)C1. The zero-order valence-corrected chi connectivity index (χ0v) is 14.1. The minimum atomic E-state index is -3.47. The molecule has 0 amide bonds. The van der Waals surface area contributed by atoms with Gasteiger partial charge in [-0.15, -0.1) is 0 Å². The van der Waals surface area contributed by atoms with E-state index in [1.807, 2.05) is 13.8 Å². The van der Waals surface area contributed by atoms with Crippen molar-refractivity contribution < 1.29 is 13.5 Å². The van der Waals surface area contributed by atoms with E-state index < -0.39 is 10.2 Å². The Hall–Kier alpha value is -0.170. The van der Waals surface area contributed by atoms with Crippen LogP contribution in [0.25, 0.3) is 0 Å². The van der Waals surface area contributed by atoms with Crippen molar-refractivity contribution in [3.8, 4) is 0 Å². The predicted molar refractivity (Wildman–Crippen MR) is 81.6 cm³/mol. The van der Waals surface area contributed by atoms with Crippen molar-refractivity contribution in [1.82, 2.24) is 8.61 Å². The number of nitrogens with zero attached hydrogens (tertiary/aromatic N) is 2. The normalized spacial score (nSPS) is 25.6. The summed E-state index contributed by atoms with van der Waals surface area (Å²) in [5.74, 6) is 0.789. The van der Waals surface area contributed by atoms with Gasteiger partial charge in [-0.2, -0.15) is 17.0 Å². The molecule has 1 fully saturated rings. The van der Waals surface area contributed by atoms with Gasteiger partial charge in [0.25, 0.3) is 10.2 Å². The molecule has 1 rings (SSSR count). The van der Waals surface area contributed by atoms with Crippen molar-refractivity contribution in [1.29, 1.82) is 0 Å². The number of hydrogen-bond donors (Lipinski definition) is 1. The van der Waals surface area contributed by atoms with Gasteiger partial charge in [-0.25, -0.2) is 0 Å². The molecular formula is C14H30N2O3S.